The molecule has 0 aliphatic carbocycles. The van der Waals surface area contributed by atoms with Gasteiger partial charge in [-0.3, -0.25) is 9.59 Å². The van der Waals surface area contributed by atoms with Crippen LogP contribution in [0.2, 0.25) is 0 Å². The number of hydrogen-bond donors (Lipinski definition) is 0. The van der Waals surface area contributed by atoms with Gasteiger partial charge in [0.05, 0.1) is 6.61 Å². The number of carbonyl (C=O) groups excluding carboxylic acids is 2. The van der Waals surface area contributed by atoms with Crippen molar-refractivity contribution in [2.24, 2.45) is 0 Å². The van der Waals surface area contributed by atoms with Crippen molar-refractivity contribution < 1.29 is 14.3 Å². The van der Waals surface area contributed by atoms with Crippen molar-refractivity contribution in [2.75, 3.05) is 11.9 Å². The van der Waals surface area contributed by atoms with Gasteiger partial charge in [-0.1, -0.05) is 28.1 Å². The second-order valence-electron chi connectivity index (χ2n) is 2.68. The van der Waals surface area contributed by atoms with E-state index in [0.29, 0.717) is 19.4 Å². The minimum absolute atomic E-state index is 0.0670. The van der Waals surface area contributed by atoms with Gasteiger partial charge in [0.15, 0.2) is 0 Å². The number of rotatable bonds is 7. The molecule has 80 valence electrons. The van der Waals surface area contributed by atoms with Crippen LogP contribution in [-0.2, 0) is 14.3 Å². The molecule has 0 radical (unpaired) electrons. The molecule has 4 heteroatoms. The van der Waals surface area contributed by atoms with Crippen molar-refractivity contribution in [3.05, 3.63) is 12.2 Å². The molecule has 0 heterocycles. The predicted octanol–water partition coefficient (Wildman–Crippen LogP) is 2.24. The van der Waals surface area contributed by atoms with Gasteiger partial charge in [0.25, 0.3) is 0 Å². The molecule has 0 aliphatic rings. The van der Waals surface area contributed by atoms with E-state index in [1.807, 2.05) is 12.2 Å². The summed E-state index contributed by atoms with van der Waals surface area (Å²) >= 11 is 3.23. The zero-order valence-electron chi connectivity index (χ0n) is 8.29. The van der Waals surface area contributed by atoms with Gasteiger partial charge in [0.2, 0.25) is 0 Å². The molecule has 0 rings (SSSR count). The van der Waals surface area contributed by atoms with Crippen molar-refractivity contribution in [1.82, 2.24) is 0 Å². The Balaban J connectivity index is 3.55. The summed E-state index contributed by atoms with van der Waals surface area (Å²) in [5.41, 5.74) is 0. The minimum atomic E-state index is -0.429. The van der Waals surface area contributed by atoms with Crippen LogP contribution in [0.4, 0.5) is 0 Å². The topological polar surface area (TPSA) is 43.4 Å². The molecule has 0 atom stereocenters. The number of ether oxygens (including phenoxy) is 1. The zero-order valence-corrected chi connectivity index (χ0v) is 9.88. The van der Waals surface area contributed by atoms with Crippen molar-refractivity contribution >= 4 is 27.7 Å². The molecule has 0 fully saturated rings. The van der Waals surface area contributed by atoms with Crippen molar-refractivity contribution in [3.8, 4) is 0 Å². The highest BCUT2D eigenvalue weighted by molar-refractivity contribution is 9.09. The fourth-order valence-electron chi connectivity index (χ4n) is 0.887. The van der Waals surface area contributed by atoms with Crippen molar-refractivity contribution in [2.45, 2.75) is 26.2 Å². The van der Waals surface area contributed by atoms with E-state index in [0.717, 1.165) is 5.33 Å². The number of esters is 1. The Morgan fingerprint density at radius 3 is 2.64 bits per heavy atom. The van der Waals surface area contributed by atoms with Crippen LogP contribution < -0.4 is 0 Å². The standard InChI is InChI=1S/C10H15BrO3/c1-2-14-10(13)8-9(12)6-4-3-5-7-11/h3,5H,2,4,6-8H2,1H3/b5-3+. The number of hydrogen-bond acceptors (Lipinski definition) is 3. The minimum Gasteiger partial charge on any atom is -0.466 e. The van der Waals surface area contributed by atoms with Crippen LogP contribution in [-0.4, -0.2) is 23.7 Å². The third-order valence-corrected chi connectivity index (χ3v) is 1.87. The molecule has 0 unspecified atom stereocenters. The Hall–Kier alpha value is -0.640. The summed E-state index contributed by atoms with van der Waals surface area (Å²) in [5.74, 6) is -0.496. The molecule has 0 aromatic heterocycles. The van der Waals surface area contributed by atoms with E-state index < -0.39 is 5.97 Å². The van der Waals surface area contributed by atoms with Crippen LogP contribution in [0.1, 0.15) is 26.2 Å². The molecule has 0 amide bonds. The van der Waals surface area contributed by atoms with Gasteiger partial charge in [0.1, 0.15) is 12.2 Å². The summed E-state index contributed by atoms with van der Waals surface area (Å²) in [6, 6.07) is 0. The van der Waals surface area contributed by atoms with Crippen LogP contribution in [0, 0.1) is 0 Å². The average molecular weight is 263 g/mol. The summed E-state index contributed by atoms with van der Waals surface area (Å²) in [4.78, 5) is 22.0. The first-order chi connectivity index (χ1) is 6.70. The number of carbonyl (C=O) groups is 2. The van der Waals surface area contributed by atoms with Crippen LogP contribution >= 0.6 is 15.9 Å². The molecular weight excluding hydrogens is 248 g/mol. The molecular formula is C10H15BrO3. The van der Waals surface area contributed by atoms with E-state index >= 15 is 0 Å². The number of allylic oxidation sites excluding steroid dienone is 2. The molecule has 0 aromatic rings. The van der Waals surface area contributed by atoms with Gasteiger partial charge in [-0.15, -0.1) is 0 Å². The third-order valence-electron chi connectivity index (χ3n) is 1.49. The quantitative estimate of drug-likeness (QED) is 0.306. The van der Waals surface area contributed by atoms with Gasteiger partial charge < -0.3 is 4.74 Å². The third kappa shape index (κ3) is 7.98. The van der Waals surface area contributed by atoms with Gasteiger partial charge in [-0.05, 0) is 13.3 Å². The first-order valence-electron chi connectivity index (χ1n) is 4.59. The van der Waals surface area contributed by atoms with E-state index in [9.17, 15) is 9.59 Å². The summed E-state index contributed by atoms with van der Waals surface area (Å²) < 4.78 is 4.65. The van der Waals surface area contributed by atoms with Crippen molar-refractivity contribution in [1.29, 1.82) is 0 Å². The fourth-order valence-corrected chi connectivity index (χ4v) is 1.15. The highest BCUT2D eigenvalue weighted by atomic mass is 79.9. The first kappa shape index (κ1) is 13.4. The second-order valence-corrected chi connectivity index (χ2v) is 3.33. The number of ketones is 1. The molecule has 0 aromatic carbocycles. The highest BCUT2D eigenvalue weighted by Crippen LogP contribution is 1.99. The highest BCUT2D eigenvalue weighted by Gasteiger charge is 2.08. The largest absolute Gasteiger partial charge is 0.466 e. The molecule has 14 heavy (non-hydrogen) atoms. The fraction of sp³-hybridized carbons (Fsp3) is 0.600. The molecule has 0 aliphatic heterocycles. The zero-order chi connectivity index (χ0) is 10.8. The van der Waals surface area contributed by atoms with E-state index in [-0.39, 0.29) is 12.2 Å². The van der Waals surface area contributed by atoms with E-state index in [4.69, 9.17) is 0 Å². The monoisotopic (exact) mass is 262 g/mol. The first-order valence-corrected chi connectivity index (χ1v) is 5.71. The second kappa shape index (κ2) is 8.94. The van der Waals surface area contributed by atoms with E-state index in [2.05, 4.69) is 20.7 Å². The Bertz CT molecular complexity index is 211. The van der Waals surface area contributed by atoms with Crippen LogP contribution in [0.3, 0.4) is 0 Å². The number of alkyl halides is 1. The summed E-state index contributed by atoms with van der Waals surface area (Å²) in [6.45, 7) is 2.05. The molecule has 3 nitrogen and oxygen atoms in total. The normalized spacial score (nSPS) is 10.4. The van der Waals surface area contributed by atoms with Crippen molar-refractivity contribution in [3.63, 3.8) is 0 Å². The lowest BCUT2D eigenvalue weighted by Crippen LogP contribution is -2.10. The SMILES string of the molecule is CCOC(=O)CC(=O)CC/C=C/CBr. The molecule has 0 saturated carbocycles. The summed E-state index contributed by atoms with van der Waals surface area (Å²) in [5, 5.41) is 0.791. The number of halogens is 1. The molecule has 0 N–H and O–H groups in total. The van der Waals surface area contributed by atoms with Gasteiger partial charge in [-0.25, -0.2) is 0 Å². The summed E-state index contributed by atoms with van der Waals surface area (Å²) in [6.07, 6.45) is 4.83. The maximum atomic E-state index is 11.1. The Morgan fingerprint density at radius 1 is 1.36 bits per heavy atom. The lowest BCUT2D eigenvalue weighted by molar-refractivity contribution is -0.145. The maximum absolute atomic E-state index is 11.1. The molecule has 0 bridgehead atoms. The lowest BCUT2D eigenvalue weighted by Gasteiger charge is -1.99. The van der Waals surface area contributed by atoms with Gasteiger partial charge in [-0.2, -0.15) is 0 Å². The lowest BCUT2D eigenvalue weighted by atomic mass is 10.1. The van der Waals surface area contributed by atoms with Gasteiger partial charge >= 0.3 is 5.97 Å². The number of Topliss-reactive ketones (excluding diaryl/α,β-unsaturated/α-hetero) is 1. The maximum Gasteiger partial charge on any atom is 0.313 e. The van der Waals surface area contributed by atoms with E-state index in [1.54, 1.807) is 6.92 Å². The van der Waals surface area contributed by atoms with Gasteiger partial charge in [0, 0.05) is 11.8 Å². The smallest absolute Gasteiger partial charge is 0.313 e. The Labute approximate surface area is 92.6 Å². The van der Waals surface area contributed by atoms with Crippen LogP contribution in [0.15, 0.2) is 12.2 Å². The Kier molecular flexibility index (Phi) is 8.53. The average Bonchev–Trinajstić information content (AvgIpc) is 2.13. The van der Waals surface area contributed by atoms with Crippen LogP contribution in [0.25, 0.3) is 0 Å². The van der Waals surface area contributed by atoms with E-state index in [1.165, 1.54) is 0 Å². The van der Waals surface area contributed by atoms with Crippen LogP contribution in [0.5, 0.6) is 0 Å². The molecule has 0 saturated heterocycles. The summed E-state index contributed by atoms with van der Waals surface area (Å²) in [7, 11) is 0. The molecule has 0 spiro atoms. The Morgan fingerprint density at radius 2 is 2.07 bits per heavy atom. The predicted molar refractivity (Wildman–Crippen MR) is 58.4 cm³/mol.